The summed E-state index contributed by atoms with van der Waals surface area (Å²) in [6, 6.07) is -1.05. The van der Waals surface area contributed by atoms with Gasteiger partial charge in [0.15, 0.2) is 0 Å². The molecule has 0 spiro atoms. The molecule has 13 nitrogen and oxygen atoms in total. The van der Waals surface area contributed by atoms with Crippen LogP contribution < -0.4 is 16.4 Å². The molecule has 1 aliphatic heterocycles. The van der Waals surface area contributed by atoms with Crippen LogP contribution in [0.3, 0.4) is 0 Å². The molecule has 0 aromatic carbocycles. The van der Waals surface area contributed by atoms with Gasteiger partial charge in [-0.25, -0.2) is 0 Å². The van der Waals surface area contributed by atoms with Crippen molar-refractivity contribution in [2.45, 2.75) is 61.4 Å². The fraction of sp³-hybridized carbons (Fsp3) is 0.812. The SMILES string of the molecule is N[C@@H](CCCCNC(=O)C(F)(F)[C@]1(O)O[C@@H](C(O)CO)[C@H](O)[C@H]1O)C(=O)NCC(=O)O. The average Bonchev–Trinajstić information content (AvgIpc) is 2.96. The third-order valence-corrected chi connectivity index (χ3v) is 4.66. The summed E-state index contributed by atoms with van der Waals surface area (Å²) in [5, 5.41) is 60.1. The molecule has 10 N–H and O–H groups in total. The number of halogens is 2. The lowest BCUT2D eigenvalue weighted by molar-refractivity contribution is -0.325. The van der Waals surface area contributed by atoms with Crippen LogP contribution in [0, 0.1) is 0 Å². The topological polar surface area (TPSA) is 232 Å². The summed E-state index contributed by atoms with van der Waals surface area (Å²) >= 11 is 0. The molecule has 2 amide bonds. The van der Waals surface area contributed by atoms with Gasteiger partial charge in [-0.3, -0.25) is 14.4 Å². The standard InChI is InChI=1S/C16H27F2N3O10/c17-15(18,16(30)12(27)10(26)11(31-16)8(23)6-22)14(29)20-4-2-1-3-7(19)13(28)21-5-9(24)25/h7-8,10-12,22-23,26-27,30H,1-6,19H2,(H,20,29)(H,21,28)(H,24,25)/t7-,8?,10-,11-,12+,16+/m0/s1. The molecule has 0 radical (unpaired) electrons. The monoisotopic (exact) mass is 459 g/mol. The van der Waals surface area contributed by atoms with Gasteiger partial charge in [-0.1, -0.05) is 0 Å². The van der Waals surface area contributed by atoms with E-state index in [4.69, 9.17) is 15.9 Å². The number of aliphatic carboxylic acids is 1. The number of alkyl halides is 2. The van der Waals surface area contributed by atoms with E-state index in [-0.39, 0.29) is 25.8 Å². The highest BCUT2D eigenvalue weighted by Gasteiger charge is 2.71. The number of carbonyl (C=O) groups excluding carboxylic acids is 2. The van der Waals surface area contributed by atoms with Crippen molar-refractivity contribution in [3.63, 3.8) is 0 Å². The molecule has 15 heteroatoms. The molecule has 180 valence electrons. The average molecular weight is 459 g/mol. The molecule has 1 rings (SSSR count). The number of unbranched alkanes of at least 4 members (excludes halogenated alkanes) is 1. The van der Waals surface area contributed by atoms with Crippen LogP contribution in [0.15, 0.2) is 0 Å². The van der Waals surface area contributed by atoms with Gasteiger partial charge in [-0.15, -0.1) is 0 Å². The Labute approximate surface area is 174 Å². The lowest BCUT2D eigenvalue weighted by Gasteiger charge is -2.33. The van der Waals surface area contributed by atoms with Gasteiger partial charge >= 0.3 is 11.9 Å². The first-order chi connectivity index (χ1) is 14.3. The molecule has 6 atom stereocenters. The number of amides is 2. The molecule has 0 aliphatic carbocycles. The van der Waals surface area contributed by atoms with Crippen LogP contribution in [0.4, 0.5) is 8.78 Å². The summed E-state index contributed by atoms with van der Waals surface area (Å²) in [7, 11) is 0. The van der Waals surface area contributed by atoms with E-state index in [1.54, 1.807) is 0 Å². The van der Waals surface area contributed by atoms with Crippen LogP contribution in [0.25, 0.3) is 0 Å². The van der Waals surface area contributed by atoms with Gasteiger partial charge in [0.1, 0.15) is 31.0 Å². The van der Waals surface area contributed by atoms with Crippen molar-refractivity contribution >= 4 is 17.8 Å². The normalized spacial score (nSPS) is 28.1. The summed E-state index contributed by atoms with van der Waals surface area (Å²) in [4.78, 5) is 33.7. The molecule has 1 saturated heterocycles. The highest BCUT2D eigenvalue weighted by molar-refractivity contribution is 5.85. The second-order valence-electron chi connectivity index (χ2n) is 7.01. The number of carboxylic acid groups (broad SMARTS) is 1. The van der Waals surface area contributed by atoms with E-state index in [0.29, 0.717) is 0 Å². The first-order valence-electron chi connectivity index (χ1n) is 9.26. The Balaban J connectivity index is 2.54. The molecule has 1 fully saturated rings. The zero-order valence-corrected chi connectivity index (χ0v) is 16.3. The van der Waals surface area contributed by atoms with E-state index in [0.717, 1.165) is 0 Å². The molecule has 0 aromatic heterocycles. The number of carboxylic acids is 1. The number of carbonyl (C=O) groups is 3. The fourth-order valence-corrected chi connectivity index (χ4v) is 2.82. The van der Waals surface area contributed by atoms with Gasteiger partial charge in [0.25, 0.3) is 11.7 Å². The van der Waals surface area contributed by atoms with Gasteiger partial charge < -0.3 is 51.7 Å². The van der Waals surface area contributed by atoms with Crippen molar-refractivity contribution in [1.82, 2.24) is 10.6 Å². The number of nitrogens with one attached hydrogen (secondary N) is 2. The third-order valence-electron chi connectivity index (χ3n) is 4.66. The van der Waals surface area contributed by atoms with Gasteiger partial charge in [0, 0.05) is 6.54 Å². The van der Waals surface area contributed by atoms with E-state index in [2.05, 4.69) is 10.1 Å². The van der Waals surface area contributed by atoms with Crippen molar-refractivity contribution in [3.05, 3.63) is 0 Å². The zero-order chi connectivity index (χ0) is 24.0. The summed E-state index contributed by atoms with van der Waals surface area (Å²) < 4.78 is 33.4. The Bertz CT molecular complexity index is 655. The fourth-order valence-electron chi connectivity index (χ4n) is 2.82. The minimum absolute atomic E-state index is 0.0659. The van der Waals surface area contributed by atoms with Gasteiger partial charge in [0.2, 0.25) is 5.91 Å². The Hall–Kier alpha value is -2.01. The number of aliphatic hydroxyl groups excluding tert-OH is 4. The van der Waals surface area contributed by atoms with Crippen molar-refractivity contribution in [2.24, 2.45) is 5.73 Å². The van der Waals surface area contributed by atoms with Crippen molar-refractivity contribution in [1.29, 1.82) is 0 Å². The van der Waals surface area contributed by atoms with Crippen LogP contribution in [0.5, 0.6) is 0 Å². The van der Waals surface area contributed by atoms with Crippen molar-refractivity contribution < 1.29 is 58.5 Å². The summed E-state index contributed by atoms with van der Waals surface area (Å²) in [6.45, 7) is -1.98. The number of hydrogen-bond acceptors (Lipinski definition) is 10. The van der Waals surface area contributed by atoms with E-state index >= 15 is 0 Å². The quantitative estimate of drug-likeness (QED) is 0.126. The summed E-state index contributed by atoms with van der Waals surface area (Å²) in [5.74, 6) is -12.6. The first-order valence-corrected chi connectivity index (χ1v) is 9.26. The van der Waals surface area contributed by atoms with Crippen LogP contribution in [-0.2, 0) is 19.1 Å². The molecule has 31 heavy (non-hydrogen) atoms. The Morgan fingerprint density at radius 2 is 1.81 bits per heavy atom. The van der Waals surface area contributed by atoms with Crippen molar-refractivity contribution in [3.8, 4) is 0 Å². The number of hydrogen-bond donors (Lipinski definition) is 9. The predicted octanol–water partition coefficient (Wildman–Crippen LogP) is -4.40. The summed E-state index contributed by atoms with van der Waals surface area (Å²) in [5.41, 5.74) is 5.54. The number of rotatable bonds is 12. The number of aliphatic hydroxyl groups is 5. The predicted molar refractivity (Wildman–Crippen MR) is 95.4 cm³/mol. The Kier molecular flexibility index (Phi) is 9.62. The van der Waals surface area contributed by atoms with E-state index < -0.39 is 73.1 Å². The zero-order valence-electron chi connectivity index (χ0n) is 16.3. The maximum Gasteiger partial charge on any atom is 0.379 e. The molecule has 0 bridgehead atoms. The van der Waals surface area contributed by atoms with E-state index in [1.807, 2.05) is 5.32 Å². The second-order valence-corrected chi connectivity index (χ2v) is 7.01. The summed E-state index contributed by atoms with van der Waals surface area (Å²) in [6.07, 6.45) is -8.41. The lowest BCUT2D eigenvalue weighted by Crippen LogP contribution is -2.63. The van der Waals surface area contributed by atoms with Crippen LogP contribution >= 0.6 is 0 Å². The second kappa shape index (κ2) is 11.0. The first kappa shape index (κ1) is 27.0. The largest absolute Gasteiger partial charge is 0.480 e. The molecule has 1 unspecified atom stereocenters. The molecular weight excluding hydrogens is 432 g/mol. The van der Waals surface area contributed by atoms with E-state index in [1.165, 1.54) is 0 Å². The number of nitrogens with two attached hydrogens (primary N) is 1. The molecule has 0 aromatic rings. The highest BCUT2D eigenvalue weighted by atomic mass is 19.3. The maximum absolute atomic E-state index is 14.4. The smallest absolute Gasteiger partial charge is 0.379 e. The van der Waals surface area contributed by atoms with E-state index in [9.17, 15) is 43.6 Å². The van der Waals surface area contributed by atoms with Crippen LogP contribution in [-0.4, -0.2) is 110 Å². The maximum atomic E-state index is 14.4. The molecule has 0 saturated carbocycles. The van der Waals surface area contributed by atoms with Crippen molar-refractivity contribution in [2.75, 3.05) is 19.7 Å². The number of ether oxygens (including phenoxy) is 1. The Morgan fingerprint density at radius 3 is 2.35 bits per heavy atom. The van der Waals surface area contributed by atoms with Gasteiger partial charge in [-0.2, -0.15) is 8.78 Å². The lowest BCUT2D eigenvalue weighted by atomic mass is 9.97. The Morgan fingerprint density at radius 1 is 1.19 bits per heavy atom. The third kappa shape index (κ3) is 6.25. The van der Waals surface area contributed by atoms with Crippen LogP contribution in [0.1, 0.15) is 19.3 Å². The van der Waals surface area contributed by atoms with Crippen LogP contribution in [0.2, 0.25) is 0 Å². The van der Waals surface area contributed by atoms with Gasteiger partial charge in [0.05, 0.1) is 12.6 Å². The molecule has 1 heterocycles. The molecule has 1 aliphatic rings. The minimum atomic E-state index is -4.75. The minimum Gasteiger partial charge on any atom is -0.480 e. The van der Waals surface area contributed by atoms with Gasteiger partial charge in [-0.05, 0) is 19.3 Å². The molecular formula is C16H27F2N3O10. The highest BCUT2D eigenvalue weighted by Crippen LogP contribution is 2.42.